The van der Waals surface area contributed by atoms with Gasteiger partial charge in [-0.05, 0) is 30.2 Å². The maximum atomic E-state index is 5.96. The van der Waals surface area contributed by atoms with Gasteiger partial charge in [0, 0.05) is 18.1 Å². The molecule has 0 saturated carbocycles. The van der Waals surface area contributed by atoms with Gasteiger partial charge < -0.3 is 10.6 Å². The Labute approximate surface area is 119 Å². The van der Waals surface area contributed by atoms with E-state index in [4.69, 9.17) is 11.6 Å². The minimum absolute atomic E-state index is 0.736. The number of nitrogens with one attached hydrogen (secondary N) is 2. The Kier molecular flexibility index (Phi) is 5.04. The maximum Gasteiger partial charge on any atom is 0.0550 e. The first-order chi connectivity index (χ1) is 9.28. The summed E-state index contributed by atoms with van der Waals surface area (Å²) in [6.45, 7) is 3.83. The van der Waals surface area contributed by atoms with E-state index in [1.54, 1.807) is 0 Å². The molecule has 0 aliphatic heterocycles. The quantitative estimate of drug-likeness (QED) is 0.831. The van der Waals surface area contributed by atoms with E-state index < -0.39 is 0 Å². The van der Waals surface area contributed by atoms with Crippen LogP contribution in [0.3, 0.4) is 0 Å². The molecule has 0 saturated heterocycles. The van der Waals surface area contributed by atoms with Gasteiger partial charge in [-0.25, -0.2) is 0 Å². The molecule has 2 N–H and O–H groups in total. The summed E-state index contributed by atoms with van der Waals surface area (Å²) < 4.78 is 0. The molecule has 2 aromatic rings. The average Bonchev–Trinajstić information content (AvgIpc) is 2.43. The van der Waals surface area contributed by atoms with Crippen LogP contribution in [-0.4, -0.2) is 11.5 Å². The number of anilines is 2. The van der Waals surface area contributed by atoms with Crippen molar-refractivity contribution in [2.45, 2.75) is 19.9 Å². The minimum atomic E-state index is 0.736. The van der Waals surface area contributed by atoms with Crippen LogP contribution in [0, 0.1) is 0 Å². The first-order valence-electron chi connectivity index (χ1n) is 6.45. The number of hydrogen-bond acceptors (Lipinski definition) is 3. The lowest BCUT2D eigenvalue weighted by Gasteiger charge is -2.09. The minimum Gasteiger partial charge on any atom is -0.384 e. The molecule has 1 aromatic heterocycles. The van der Waals surface area contributed by atoms with Gasteiger partial charge >= 0.3 is 0 Å². The molecular formula is C15H18ClN3. The van der Waals surface area contributed by atoms with E-state index in [0.717, 1.165) is 41.5 Å². The third kappa shape index (κ3) is 4.45. The first-order valence-corrected chi connectivity index (χ1v) is 6.83. The van der Waals surface area contributed by atoms with Crippen molar-refractivity contribution in [3.05, 3.63) is 53.3 Å². The second-order valence-corrected chi connectivity index (χ2v) is 4.81. The van der Waals surface area contributed by atoms with Crippen LogP contribution in [0.2, 0.25) is 5.02 Å². The van der Waals surface area contributed by atoms with E-state index in [1.165, 1.54) is 0 Å². The van der Waals surface area contributed by atoms with Gasteiger partial charge in [0.15, 0.2) is 0 Å². The fraction of sp³-hybridized carbons (Fsp3) is 0.267. The lowest BCUT2D eigenvalue weighted by molar-refractivity contribution is 0.977. The standard InChI is InChI=1S/C15H18ClN3/c1-2-6-18-14-8-15(11-17-10-14)19-9-12-4-3-5-13(16)7-12/h3-5,7-8,10-11,18-19H,2,6,9H2,1H3. The fourth-order valence-electron chi connectivity index (χ4n) is 1.75. The van der Waals surface area contributed by atoms with Gasteiger partial charge in [-0.3, -0.25) is 4.98 Å². The second kappa shape index (κ2) is 7.00. The zero-order valence-electron chi connectivity index (χ0n) is 11.0. The van der Waals surface area contributed by atoms with Gasteiger partial charge in [-0.15, -0.1) is 0 Å². The molecule has 0 radical (unpaired) electrons. The average molecular weight is 276 g/mol. The Bertz CT molecular complexity index is 528. The fourth-order valence-corrected chi connectivity index (χ4v) is 1.97. The summed E-state index contributed by atoms with van der Waals surface area (Å²) in [5.74, 6) is 0. The first kappa shape index (κ1) is 13.7. The van der Waals surface area contributed by atoms with Crippen LogP contribution in [0.25, 0.3) is 0 Å². The zero-order valence-corrected chi connectivity index (χ0v) is 11.7. The van der Waals surface area contributed by atoms with Crippen LogP contribution in [0.15, 0.2) is 42.7 Å². The van der Waals surface area contributed by atoms with Crippen molar-refractivity contribution in [2.75, 3.05) is 17.2 Å². The number of aromatic nitrogens is 1. The van der Waals surface area contributed by atoms with Crippen molar-refractivity contribution in [3.8, 4) is 0 Å². The smallest absolute Gasteiger partial charge is 0.0550 e. The number of nitrogens with zero attached hydrogens (tertiary/aromatic N) is 1. The molecule has 19 heavy (non-hydrogen) atoms. The highest BCUT2D eigenvalue weighted by atomic mass is 35.5. The number of pyridine rings is 1. The Morgan fingerprint density at radius 3 is 2.63 bits per heavy atom. The van der Waals surface area contributed by atoms with Crippen molar-refractivity contribution < 1.29 is 0 Å². The van der Waals surface area contributed by atoms with Gasteiger partial charge in [0.1, 0.15) is 0 Å². The summed E-state index contributed by atoms with van der Waals surface area (Å²) in [6.07, 6.45) is 4.75. The molecule has 100 valence electrons. The number of benzene rings is 1. The van der Waals surface area contributed by atoms with Crippen molar-refractivity contribution in [3.63, 3.8) is 0 Å². The van der Waals surface area contributed by atoms with Crippen molar-refractivity contribution >= 4 is 23.0 Å². The van der Waals surface area contributed by atoms with E-state index in [2.05, 4.69) is 28.6 Å². The Morgan fingerprint density at radius 1 is 1.11 bits per heavy atom. The Hall–Kier alpha value is -1.74. The molecule has 3 nitrogen and oxygen atoms in total. The summed E-state index contributed by atoms with van der Waals surface area (Å²) in [5, 5.41) is 7.42. The predicted molar refractivity (Wildman–Crippen MR) is 81.8 cm³/mol. The molecule has 4 heteroatoms. The normalized spacial score (nSPS) is 10.2. The van der Waals surface area contributed by atoms with E-state index >= 15 is 0 Å². The summed E-state index contributed by atoms with van der Waals surface area (Å²) >= 11 is 5.96. The van der Waals surface area contributed by atoms with Crippen LogP contribution in [0.4, 0.5) is 11.4 Å². The molecule has 0 spiro atoms. The number of rotatable bonds is 6. The molecular weight excluding hydrogens is 258 g/mol. The molecule has 1 heterocycles. The van der Waals surface area contributed by atoms with Crippen LogP contribution in [-0.2, 0) is 6.54 Å². The molecule has 0 amide bonds. The van der Waals surface area contributed by atoms with E-state index in [1.807, 2.05) is 36.7 Å². The van der Waals surface area contributed by atoms with E-state index in [0.29, 0.717) is 0 Å². The molecule has 1 aromatic carbocycles. The molecule has 2 rings (SSSR count). The van der Waals surface area contributed by atoms with Crippen LogP contribution in [0.1, 0.15) is 18.9 Å². The largest absolute Gasteiger partial charge is 0.384 e. The number of halogens is 1. The molecule has 0 aliphatic carbocycles. The van der Waals surface area contributed by atoms with Gasteiger partial charge in [0.05, 0.1) is 23.8 Å². The Morgan fingerprint density at radius 2 is 1.89 bits per heavy atom. The third-order valence-electron chi connectivity index (χ3n) is 2.70. The molecule has 0 fully saturated rings. The van der Waals surface area contributed by atoms with Crippen molar-refractivity contribution in [1.82, 2.24) is 4.98 Å². The highest BCUT2D eigenvalue weighted by Gasteiger charge is 1.98. The van der Waals surface area contributed by atoms with Crippen LogP contribution < -0.4 is 10.6 Å². The van der Waals surface area contributed by atoms with Crippen LogP contribution in [0.5, 0.6) is 0 Å². The van der Waals surface area contributed by atoms with Crippen LogP contribution >= 0.6 is 11.6 Å². The maximum absolute atomic E-state index is 5.96. The summed E-state index contributed by atoms with van der Waals surface area (Å²) in [5.41, 5.74) is 3.19. The van der Waals surface area contributed by atoms with Gasteiger partial charge in [0.25, 0.3) is 0 Å². The predicted octanol–water partition coefficient (Wildman–Crippen LogP) is 4.17. The summed E-state index contributed by atoms with van der Waals surface area (Å²) in [7, 11) is 0. The Balaban J connectivity index is 1.95. The molecule has 0 unspecified atom stereocenters. The summed E-state index contributed by atoms with van der Waals surface area (Å²) in [4.78, 5) is 4.22. The van der Waals surface area contributed by atoms with Gasteiger partial charge in [-0.2, -0.15) is 0 Å². The molecule has 0 bridgehead atoms. The second-order valence-electron chi connectivity index (χ2n) is 4.37. The topological polar surface area (TPSA) is 37.0 Å². The van der Waals surface area contributed by atoms with E-state index in [-0.39, 0.29) is 0 Å². The zero-order chi connectivity index (χ0) is 13.5. The van der Waals surface area contributed by atoms with Crippen molar-refractivity contribution in [2.24, 2.45) is 0 Å². The highest BCUT2D eigenvalue weighted by Crippen LogP contribution is 2.15. The summed E-state index contributed by atoms with van der Waals surface area (Å²) in [6, 6.07) is 9.90. The highest BCUT2D eigenvalue weighted by molar-refractivity contribution is 6.30. The molecule has 0 atom stereocenters. The van der Waals surface area contributed by atoms with E-state index in [9.17, 15) is 0 Å². The lowest BCUT2D eigenvalue weighted by atomic mass is 10.2. The molecule has 0 aliphatic rings. The van der Waals surface area contributed by atoms with Gasteiger partial charge in [0.2, 0.25) is 0 Å². The SMILES string of the molecule is CCCNc1cncc(NCc2cccc(Cl)c2)c1. The van der Waals surface area contributed by atoms with Gasteiger partial charge in [-0.1, -0.05) is 30.7 Å². The lowest BCUT2D eigenvalue weighted by Crippen LogP contribution is -2.03. The monoisotopic (exact) mass is 275 g/mol. The third-order valence-corrected chi connectivity index (χ3v) is 2.94. The number of hydrogen-bond donors (Lipinski definition) is 2. The van der Waals surface area contributed by atoms with Crippen molar-refractivity contribution in [1.29, 1.82) is 0 Å².